The van der Waals surface area contributed by atoms with E-state index in [2.05, 4.69) is 9.88 Å². The predicted octanol–water partition coefficient (Wildman–Crippen LogP) is 1.30. The van der Waals surface area contributed by atoms with E-state index < -0.39 is 14.8 Å². The van der Waals surface area contributed by atoms with E-state index >= 15 is 0 Å². The topological polar surface area (TPSA) is 123 Å². The Hall–Kier alpha value is -2.88. The summed E-state index contributed by atoms with van der Waals surface area (Å²) >= 11 is 0. The van der Waals surface area contributed by atoms with Crippen LogP contribution < -0.4 is 15.5 Å². The molecule has 0 saturated carbocycles. The summed E-state index contributed by atoms with van der Waals surface area (Å²) in [5.74, 6) is 0.455. The lowest BCUT2D eigenvalue weighted by Gasteiger charge is -2.37. The summed E-state index contributed by atoms with van der Waals surface area (Å²) in [7, 11) is -3.59. The van der Waals surface area contributed by atoms with Crippen LogP contribution in [0.3, 0.4) is 0 Å². The van der Waals surface area contributed by atoms with Gasteiger partial charge in [-0.3, -0.25) is 10.1 Å². The molecule has 2 N–H and O–H groups in total. The number of anilines is 3. The number of pyridine rings is 1. The highest BCUT2D eigenvalue weighted by Crippen LogP contribution is 2.30. The Balaban J connectivity index is 1.83. The van der Waals surface area contributed by atoms with E-state index in [0.717, 1.165) is 18.0 Å². The second-order valence-electron chi connectivity index (χ2n) is 6.10. The fourth-order valence-corrected chi connectivity index (χ4v) is 3.88. The molecule has 2 aromatic rings. The number of aromatic nitrogens is 1. The van der Waals surface area contributed by atoms with Crippen LogP contribution >= 0.6 is 0 Å². The molecule has 1 aromatic heterocycles. The van der Waals surface area contributed by atoms with Gasteiger partial charge in [-0.2, -0.15) is 0 Å². The number of nitrogens with two attached hydrogens (primary N) is 1. The van der Waals surface area contributed by atoms with Crippen LogP contribution in [0.2, 0.25) is 0 Å². The molecule has 1 saturated heterocycles. The average Bonchev–Trinajstić information content (AvgIpc) is 2.61. The van der Waals surface area contributed by atoms with Crippen molar-refractivity contribution in [2.45, 2.75) is 4.90 Å². The van der Waals surface area contributed by atoms with E-state index in [4.69, 9.17) is 5.73 Å². The smallest absolute Gasteiger partial charge is 0.270 e. The molecule has 26 heavy (non-hydrogen) atoms. The van der Waals surface area contributed by atoms with Crippen molar-refractivity contribution in [2.24, 2.45) is 0 Å². The molecule has 0 atom stereocenters. The molecule has 3 rings (SSSR count). The summed E-state index contributed by atoms with van der Waals surface area (Å²) in [6.45, 7) is 2.52. The van der Waals surface area contributed by atoms with Gasteiger partial charge in [0.25, 0.3) is 5.69 Å². The van der Waals surface area contributed by atoms with Crippen molar-refractivity contribution >= 4 is 32.7 Å². The van der Waals surface area contributed by atoms with Gasteiger partial charge in [-0.05, 0) is 18.2 Å². The highest BCUT2D eigenvalue weighted by atomic mass is 32.2. The van der Waals surface area contributed by atoms with Crippen LogP contribution in [-0.2, 0) is 9.84 Å². The molecule has 1 aromatic carbocycles. The lowest BCUT2D eigenvalue weighted by atomic mass is 10.2. The largest absolute Gasteiger partial charge is 0.384 e. The summed E-state index contributed by atoms with van der Waals surface area (Å²) in [5, 5.41) is 11.0. The first-order valence-electron chi connectivity index (χ1n) is 7.95. The first kappa shape index (κ1) is 17.9. The molecule has 2 heterocycles. The minimum absolute atomic E-state index is 0.0192. The number of rotatable bonds is 4. The molecule has 10 heteroatoms. The van der Waals surface area contributed by atoms with Crippen LogP contribution in [0.25, 0.3) is 0 Å². The Bertz CT molecular complexity index is 922. The van der Waals surface area contributed by atoms with Gasteiger partial charge in [0.1, 0.15) is 5.82 Å². The number of nitrogen functional groups attached to an aromatic ring is 1. The molecule has 1 aliphatic rings. The zero-order chi connectivity index (χ0) is 18.9. The Kier molecular flexibility index (Phi) is 4.68. The van der Waals surface area contributed by atoms with Crippen LogP contribution in [-0.4, -0.2) is 50.8 Å². The Morgan fingerprint density at radius 2 is 1.77 bits per heavy atom. The van der Waals surface area contributed by atoms with E-state index in [1.807, 2.05) is 11.0 Å². The van der Waals surface area contributed by atoms with Crippen LogP contribution in [0.5, 0.6) is 0 Å². The van der Waals surface area contributed by atoms with E-state index in [9.17, 15) is 18.5 Å². The van der Waals surface area contributed by atoms with Gasteiger partial charge in [0.05, 0.1) is 27.4 Å². The number of hydrogen-bond acceptors (Lipinski definition) is 8. The van der Waals surface area contributed by atoms with Gasteiger partial charge < -0.3 is 15.5 Å². The minimum atomic E-state index is -3.59. The first-order chi connectivity index (χ1) is 12.3. The van der Waals surface area contributed by atoms with Gasteiger partial charge in [0, 0.05) is 44.6 Å². The summed E-state index contributed by atoms with van der Waals surface area (Å²) in [5.41, 5.74) is 6.81. The van der Waals surface area contributed by atoms with E-state index in [0.29, 0.717) is 37.7 Å². The third-order valence-corrected chi connectivity index (χ3v) is 5.44. The minimum Gasteiger partial charge on any atom is -0.384 e. The summed E-state index contributed by atoms with van der Waals surface area (Å²) < 4.78 is 24.2. The Labute approximate surface area is 151 Å². The number of nitrogens with zero attached hydrogens (tertiary/aromatic N) is 4. The van der Waals surface area contributed by atoms with Crippen LogP contribution in [0.4, 0.5) is 22.9 Å². The molecular formula is C16H19N5O4S. The van der Waals surface area contributed by atoms with Gasteiger partial charge in [0.2, 0.25) is 0 Å². The van der Waals surface area contributed by atoms with Crippen molar-refractivity contribution in [1.82, 2.24) is 4.98 Å². The van der Waals surface area contributed by atoms with Crippen molar-refractivity contribution in [1.29, 1.82) is 0 Å². The van der Waals surface area contributed by atoms with E-state index in [-0.39, 0.29) is 10.6 Å². The Morgan fingerprint density at radius 3 is 2.31 bits per heavy atom. The number of sulfone groups is 1. The average molecular weight is 377 g/mol. The van der Waals surface area contributed by atoms with Crippen molar-refractivity contribution in [3.63, 3.8) is 0 Å². The SMILES string of the molecule is CS(=O)(=O)c1cc([N+](=O)[O-])ccc1N1CCN(c2ccc(N)nc2)CC1. The third-order valence-electron chi connectivity index (χ3n) is 4.31. The van der Waals surface area contributed by atoms with Gasteiger partial charge >= 0.3 is 0 Å². The Morgan fingerprint density at radius 1 is 1.12 bits per heavy atom. The number of hydrogen-bond donors (Lipinski definition) is 1. The summed E-state index contributed by atoms with van der Waals surface area (Å²) in [6, 6.07) is 7.60. The van der Waals surface area contributed by atoms with Crippen molar-refractivity contribution < 1.29 is 13.3 Å². The molecule has 1 fully saturated rings. The first-order valence-corrected chi connectivity index (χ1v) is 9.85. The fourth-order valence-electron chi connectivity index (χ4n) is 2.96. The second kappa shape index (κ2) is 6.79. The molecule has 0 aliphatic carbocycles. The van der Waals surface area contributed by atoms with Crippen LogP contribution in [0.15, 0.2) is 41.4 Å². The van der Waals surface area contributed by atoms with E-state index in [1.165, 1.54) is 12.1 Å². The van der Waals surface area contributed by atoms with Gasteiger partial charge in [-0.15, -0.1) is 0 Å². The van der Waals surface area contributed by atoms with E-state index in [1.54, 1.807) is 12.3 Å². The molecular weight excluding hydrogens is 358 g/mol. The van der Waals surface area contributed by atoms with Gasteiger partial charge in [-0.1, -0.05) is 0 Å². The highest BCUT2D eigenvalue weighted by molar-refractivity contribution is 7.90. The van der Waals surface area contributed by atoms with Crippen LogP contribution in [0.1, 0.15) is 0 Å². The summed E-state index contributed by atoms with van der Waals surface area (Å²) in [6.07, 6.45) is 2.77. The summed E-state index contributed by atoms with van der Waals surface area (Å²) in [4.78, 5) is 18.5. The lowest BCUT2D eigenvalue weighted by Crippen LogP contribution is -2.47. The molecule has 0 spiro atoms. The lowest BCUT2D eigenvalue weighted by molar-refractivity contribution is -0.385. The fraction of sp³-hybridized carbons (Fsp3) is 0.312. The number of nitro groups is 1. The van der Waals surface area contributed by atoms with Gasteiger partial charge in [-0.25, -0.2) is 13.4 Å². The molecule has 0 bridgehead atoms. The maximum atomic E-state index is 12.1. The maximum Gasteiger partial charge on any atom is 0.270 e. The normalized spacial score (nSPS) is 15.1. The molecule has 9 nitrogen and oxygen atoms in total. The molecule has 0 amide bonds. The number of non-ortho nitro benzene ring substituents is 1. The number of benzene rings is 1. The van der Waals surface area contributed by atoms with Gasteiger partial charge in [0.15, 0.2) is 9.84 Å². The number of nitro benzene ring substituents is 1. The molecule has 0 radical (unpaired) electrons. The quantitative estimate of drug-likeness (QED) is 0.625. The van der Waals surface area contributed by atoms with Crippen molar-refractivity contribution in [2.75, 3.05) is 48.0 Å². The van der Waals surface area contributed by atoms with Crippen molar-refractivity contribution in [3.05, 3.63) is 46.6 Å². The van der Waals surface area contributed by atoms with Crippen molar-refractivity contribution in [3.8, 4) is 0 Å². The maximum absolute atomic E-state index is 12.1. The zero-order valence-electron chi connectivity index (χ0n) is 14.2. The zero-order valence-corrected chi connectivity index (χ0v) is 15.0. The molecule has 0 unspecified atom stereocenters. The molecule has 1 aliphatic heterocycles. The highest BCUT2D eigenvalue weighted by Gasteiger charge is 2.25. The monoisotopic (exact) mass is 377 g/mol. The standard InChI is InChI=1S/C16H19N5O4S/c1-26(24,25)15-10-12(21(22)23)2-4-14(15)20-8-6-19(7-9-20)13-3-5-16(17)18-11-13/h2-5,10-11H,6-9H2,1H3,(H2,17,18). The third kappa shape index (κ3) is 3.69. The number of piperazine rings is 1. The predicted molar refractivity (Wildman–Crippen MR) is 99.3 cm³/mol. The molecule has 138 valence electrons. The second-order valence-corrected chi connectivity index (χ2v) is 8.08. The van der Waals surface area contributed by atoms with Crippen LogP contribution in [0, 0.1) is 10.1 Å².